The van der Waals surface area contributed by atoms with Gasteiger partial charge in [0.15, 0.2) is 0 Å². The SMILES string of the molecule is Cn1cccc1/C=N\NC(=O)Nc1ccccc1. The molecule has 0 saturated heterocycles. The highest BCUT2D eigenvalue weighted by Crippen LogP contribution is 2.03. The molecule has 0 aliphatic carbocycles. The number of hydrogen-bond donors (Lipinski definition) is 2. The molecule has 2 N–H and O–H groups in total. The van der Waals surface area contributed by atoms with E-state index in [0.717, 1.165) is 11.4 Å². The fraction of sp³-hybridized carbons (Fsp3) is 0.0769. The molecule has 2 amide bonds. The van der Waals surface area contributed by atoms with Crippen molar-refractivity contribution in [2.75, 3.05) is 5.32 Å². The summed E-state index contributed by atoms with van der Waals surface area (Å²) in [6.07, 6.45) is 3.50. The van der Waals surface area contributed by atoms with Gasteiger partial charge in [0, 0.05) is 18.9 Å². The van der Waals surface area contributed by atoms with E-state index in [-0.39, 0.29) is 6.03 Å². The Bertz CT molecular complexity index is 545. The van der Waals surface area contributed by atoms with Crippen LogP contribution in [0.1, 0.15) is 5.69 Å². The maximum Gasteiger partial charge on any atom is 0.339 e. The Balaban J connectivity index is 1.86. The average Bonchev–Trinajstić information content (AvgIpc) is 2.76. The molecule has 1 aromatic heterocycles. The molecule has 0 radical (unpaired) electrons. The molecule has 0 saturated carbocycles. The third kappa shape index (κ3) is 3.21. The van der Waals surface area contributed by atoms with Crippen molar-refractivity contribution >= 4 is 17.9 Å². The van der Waals surface area contributed by atoms with Crippen LogP contribution in [-0.2, 0) is 7.05 Å². The molecule has 0 aliphatic heterocycles. The van der Waals surface area contributed by atoms with E-state index in [2.05, 4.69) is 15.8 Å². The minimum atomic E-state index is -0.369. The van der Waals surface area contributed by atoms with Crippen LogP contribution >= 0.6 is 0 Å². The number of aromatic nitrogens is 1. The predicted octanol–water partition coefficient (Wildman–Crippen LogP) is 2.18. The molecule has 0 aliphatic rings. The number of rotatable bonds is 3. The number of hydrogen-bond acceptors (Lipinski definition) is 2. The Morgan fingerprint density at radius 3 is 2.67 bits per heavy atom. The quantitative estimate of drug-likeness (QED) is 0.629. The van der Waals surface area contributed by atoms with Crippen molar-refractivity contribution in [2.24, 2.45) is 12.1 Å². The Labute approximate surface area is 105 Å². The van der Waals surface area contributed by atoms with Gasteiger partial charge >= 0.3 is 6.03 Å². The van der Waals surface area contributed by atoms with Gasteiger partial charge in [-0.3, -0.25) is 0 Å². The highest BCUT2D eigenvalue weighted by atomic mass is 16.2. The number of para-hydroxylation sites is 1. The summed E-state index contributed by atoms with van der Waals surface area (Å²) in [6.45, 7) is 0. The predicted molar refractivity (Wildman–Crippen MR) is 71.6 cm³/mol. The van der Waals surface area contributed by atoms with E-state index in [4.69, 9.17) is 0 Å². The maximum absolute atomic E-state index is 11.5. The highest BCUT2D eigenvalue weighted by Gasteiger charge is 1.98. The van der Waals surface area contributed by atoms with Gasteiger partial charge < -0.3 is 9.88 Å². The number of carbonyl (C=O) groups is 1. The van der Waals surface area contributed by atoms with Gasteiger partial charge in [0.05, 0.1) is 11.9 Å². The molecule has 1 heterocycles. The summed E-state index contributed by atoms with van der Waals surface area (Å²) >= 11 is 0. The molecule has 18 heavy (non-hydrogen) atoms. The Kier molecular flexibility index (Phi) is 3.76. The number of nitrogens with zero attached hydrogens (tertiary/aromatic N) is 2. The summed E-state index contributed by atoms with van der Waals surface area (Å²) < 4.78 is 1.90. The van der Waals surface area contributed by atoms with E-state index < -0.39 is 0 Å². The zero-order valence-electron chi connectivity index (χ0n) is 10.00. The second-order valence-corrected chi connectivity index (χ2v) is 3.73. The second kappa shape index (κ2) is 5.67. The van der Waals surface area contributed by atoms with Crippen molar-refractivity contribution in [1.82, 2.24) is 9.99 Å². The van der Waals surface area contributed by atoms with E-state index in [1.54, 1.807) is 18.3 Å². The van der Waals surface area contributed by atoms with Crippen molar-refractivity contribution in [3.05, 3.63) is 54.4 Å². The van der Waals surface area contributed by atoms with Crippen LogP contribution in [0.15, 0.2) is 53.8 Å². The van der Waals surface area contributed by atoms with Crippen molar-refractivity contribution < 1.29 is 4.79 Å². The molecule has 2 aromatic rings. The van der Waals surface area contributed by atoms with Gasteiger partial charge in [0.1, 0.15) is 0 Å². The minimum absolute atomic E-state index is 0.369. The molecule has 0 unspecified atom stereocenters. The molecule has 0 fully saturated rings. The first-order valence-electron chi connectivity index (χ1n) is 5.52. The zero-order valence-corrected chi connectivity index (χ0v) is 10.00. The summed E-state index contributed by atoms with van der Waals surface area (Å²) in [5, 5.41) is 6.53. The van der Waals surface area contributed by atoms with Crippen molar-refractivity contribution in [2.45, 2.75) is 0 Å². The summed E-state index contributed by atoms with van der Waals surface area (Å²) in [5.41, 5.74) is 4.04. The number of amides is 2. The van der Waals surface area contributed by atoms with Gasteiger partial charge in [0.2, 0.25) is 0 Å². The lowest BCUT2D eigenvalue weighted by atomic mass is 10.3. The summed E-state index contributed by atoms with van der Waals surface area (Å²) in [5.74, 6) is 0. The number of nitrogens with one attached hydrogen (secondary N) is 2. The Hall–Kier alpha value is -2.56. The molecule has 0 spiro atoms. The lowest BCUT2D eigenvalue weighted by Crippen LogP contribution is -2.24. The van der Waals surface area contributed by atoms with Crippen LogP contribution in [0.3, 0.4) is 0 Å². The second-order valence-electron chi connectivity index (χ2n) is 3.73. The van der Waals surface area contributed by atoms with Crippen molar-refractivity contribution in [1.29, 1.82) is 0 Å². The van der Waals surface area contributed by atoms with Crippen LogP contribution in [0.2, 0.25) is 0 Å². The number of aryl methyl sites for hydroxylation is 1. The molecular weight excluding hydrogens is 228 g/mol. The number of urea groups is 1. The average molecular weight is 242 g/mol. The molecule has 2 rings (SSSR count). The largest absolute Gasteiger partial charge is 0.350 e. The van der Waals surface area contributed by atoms with Crippen LogP contribution in [0.4, 0.5) is 10.5 Å². The number of carbonyl (C=O) groups excluding carboxylic acids is 1. The molecule has 0 bridgehead atoms. The monoisotopic (exact) mass is 242 g/mol. The van der Waals surface area contributed by atoms with Gasteiger partial charge in [-0.25, -0.2) is 10.2 Å². The molecule has 1 aromatic carbocycles. The topological polar surface area (TPSA) is 58.4 Å². The molecule has 0 atom stereocenters. The lowest BCUT2D eigenvalue weighted by Gasteiger charge is -2.03. The van der Waals surface area contributed by atoms with Crippen molar-refractivity contribution in [3.8, 4) is 0 Å². The number of anilines is 1. The smallest absolute Gasteiger partial charge is 0.339 e. The molecule has 92 valence electrons. The Morgan fingerprint density at radius 2 is 2.00 bits per heavy atom. The van der Waals surface area contributed by atoms with E-state index in [1.807, 2.05) is 48.1 Å². The third-order valence-electron chi connectivity index (χ3n) is 2.38. The third-order valence-corrected chi connectivity index (χ3v) is 2.38. The fourth-order valence-electron chi connectivity index (χ4n) is 1.45. The van der Waals surface area contributed by atoms with Gasteiger partial charge in [-0.15, -0.1) is 0 Å². The van der Waals surface area contributed by atoms with Crippen molar-refractivity contribution in [3.63, 3.8) is 0 Å². The van der Waals surface area contributed by atoms with Gasteiger partial charge in [0.25, 0.3) is 0 Å². The van der Waals surface area contributed by atoms with Gasteiger partial charge in [-0.2, -0.15) is 5.10 Å². The van der Waals surface area contributed by atoms with E-state index in [0.29, 0.717) is 0 Å². The normalized spacial score (nSPS) is 10.5. The highest BCUT2D eigenvalue weighted by molar-refractivity contribution is 5.90. The van der Waals surface area contributed by atoms with Gasteiger partial charge in [-0.05, 0) is 24.3 Å². The van der Waals surface area contributed by atoms with E-state index >= 15 is 0 Å². The first-order chi connectivity index (χ1) is 8.75. The fourth-order valence-corrected chi connectivity index (χ4v) is 1.45. The molecular formula is C13H14N4O. The molecule has 5 nitrogen and oxygen atoms in total. The van der Waals surface area contributed by atoms with E-state index in [1.165, 1.54) is 0 Å². The van der Waals surface area contributed by atoms with Crippen LogP contribution in [0.25, 0.3) is 0 Å². The van der Waals surface area contributed by atoms with Gasteiger partial charge in [-0.1, -0.05) is 18.2 Å². The summed E-state index contributed by atoms with van der Waals surface area (Å²) in [6, 6.07) is 12.6. The maximum atomic E-state index is 11.5. The standard InChI is InChI=1S/C13H14N4O/c1-17-9-5-8-12(17)10-14-16-13(18)15-11-6-3-2-4-7-11/h2-10H,1H3,(H2,15,16,18)/b14-10-. The first kappa shape index (κ1) is 11.9. The lowest BCUT2D eigenvalue weighted by molar-refractivity contribution is 0.252. The van der Waals surface area contributed by atoms with Crippen LogP contribution in [-0.4, -0.2) is 16.8 Å². The zero-order chi connectivity index (χ0) is 12.8. The Morgan fingerprint density at radius 1 is 1.22 bits per heavy atom. The number of hydrazone groups is 1. The summed E-state index contributed by atoms with van der Waals surface area (Å²) in [4.78, 5) is 11.5. The first-order valence-corrected chi connectivity index (χ1v) is 5.52. The summed E-state index contributed by atoms with van der Waals surface area (Å²) in [7, 11) is 1.91. The minimum Gasteiger partial charge on any atom is -0.350 e. The molecule has 5 heteroatoms. The van der Waals surface area contributed by atoms with E-state index in [9.17, 15) is 4.79 Å². The van der Waals surface area contributed by atoms with Crippen LogP contribution < -0.4 is 10.7 Å². The van der Waals surface area contributed by atoms with Crippen LogP contribution in [0.5, 0.6) is 0 Å². The van der Waals surface area contributed by atoms with Crippen LogP contribution in [0, 0.1) is 0 Å². The number of benzene rings is 1.